The molecule has 1 aliphatic rings. The number of carboxylic acids is 2. The van der Waals surface area contributed by atoms with Gasteiger partial charge in [0.05, 0.1) is 29.1 Å². The van der Waals surface area contributed by atoms with Crippen LogP contribution in [0.15, 0.2) is 53.5 Å². The second-order valence-corrected chi connectivity index (χ2v) is 7.17. The van der Waals surface area contributed by atoms with Gasteiger partial charge in [-0.2, -0.15) is 0 Å². The highest BCUT2D eigenvalue weighted by Gasteiger charge is 2.26. The van der Waals surface area contributed by atoms with E-state index in [1.807, 2.05) is 6.07 Å². The van der Waals surface area contributed by atoms with Crippen LogP contribution in [0, 0.1) is 0 Å². The number of aliphatic carboxylic acids is 1. The number of carboxylic acid groups (broad SMARTS) is 2. The molecule has 0 saturated carbocycles. The maximum absolute atomic E-state index is 12.7. The minimum absolute atomic E-state index is 0.0877. The fourth-order valence-corrected chi connectivity index (χ4v) is 4.00. The van der Waals surface area contributed by atoms with Gasteiger partial charge in [0.1, 0.15) is 0 Å². The molecule has 0 aliphatic heterocycles. The summed E-state index contributed by atoms with van der Waals surface area (Å²) in [5.74, 6) is -1.92. The van der Waals surface area contributed by atoms with Gasteiger partial charge in [-0.25, -0.2) is 9.78 Å². The number of aromatic carboxylic acids is 1. The Balaban J connectivity index is 1.65. The van der Waals surface area contributed by atoms with Crippen LogP contribution >= 0.6 is 0 Å². The lowest BCUT2D eigenvalue weighted by atomic mass is 10.0. The molecule has 0 atom stereocenters. The molecule has 0 spiro atoms. The summed E-state index contributed by atoms with van der Waals surface area (Å²) in [7, 11) is 0. The highest BCUT2D eigenvalue weighted by molar-refractivity contribution is 5.88. The van der Waals surface area contributed by atoms with E-state index >= 15 is 0 Å². The Bertz CT molecular complexity index is 1410. The molecular weight excluding hydrogens is 386 g/mol. The molecule has 148 valence electrons. The van der Waals surface area contributed by atoms with E-state index in [4.69, 9.17) is 5.11 Å². The van der Waals surface area contributed by atoms with Gasteiger partial charge in [-0.05, 0) is 23.3 Å². The lowest BCUT2D eigenvalue weighted by molar-refractivity contribution is -0.136. The van der Waals surface area contributed by atoms with E-state index in [-0.39, 0.29) is 23.2 Å². The highest BCUT2D eigenvalue weighted by atomic mass is 16.4. The van der Waals surface area contributed by atoms with Gasteiger partial charge in [0.25, 0.3) is 5.56 Å². The molecule has 4 aromatic rings. The van der Waals surface area contributed by atoms with Crippen LogP contribution in [-0.2, 0) is 17.6 Å². The minimum atomic E-state index is -1.01. The second kappa shape index (κ2) is 6.41. The van der Waals surface area contributed by atoms with Gasteiger partial charge < -0.3 is 15.2 Å². The van der Waals surface area contributed by atoms with E-state index < -0.39 is 11.9 Å². The zero-order chi connectivity index (χ0) is 21.0. The molecule has 2 aromatic carbocycles. The Hall–Kier alpha value is -4.20. The molecule has 0 radical (unpaired) electrons. The molecule has 5 rings (SSSR count). The number of imidazole rings is 1. The maximum Gasteiger partial charge on any atom is 0.335 e. The third-order valence-electron chi connectivity index (χ3n) is 5.38. The Kier molecular flexibility index (Phi) is 3.82. The molecular formula is C22H15N3O5. The summed E-state index contributed by atoms with van der Waals surface area (Å²) in [5.41, 5.74) is 5.22. The summed E-state index contributed by atoms with van der Waals surface area (Å²) in [6, 6.07) is 11.7. The fraction of sp³-hybridized carbons (Fsp3) is 0.0909. The first-order chi connectivity index (χ1) is 14.4. The monoisotopic (exact) mass is 401 g/mol. The number of H-pyrrole nitrogens is 1. The van der Waals surface area contributed by atoms with Crippen molar-refractivity contribution in [2.45, 2.75) is 12.8 Å². The largest absolute Gasteiger partial charge is 0.481 e. The first-order valence-corrected chi connectivity index (χ1v) is 9.23. The molecule has 0 fully saturated rings. The van der Waals surface area contributed by atoms with Gasteiger partial charge in [0.15, 0.2) is 0 Å². The molecule has 0 bridgehead atoms. The van der Waals surface area contributed by atoms with Gasteiger partial charge in [0, 0.05) is 23.7 Å². The van der Waals surface area contributed by atoms with E-state index in [0.29, 0.717) is 23.4 Å². The van der Waals surface area contributed by atoms with Crippen LogP contribution in [0.5, 0.6) is 0 Å². The molecule has 2 heterocycles. The maximum atomic E-state index is 12.7. The lowest BCUT2D eigenvalue weighted by Crippen LogP contribution is -2.13. The van der Waals surface area contributed by atoms with Gasteiger partial charge in [-0.3, -0.25) is 14.0 Å². The first-order valence-electron chi connectivity index (χ1n) is 9.23. The number of aromatic nitrogens is 3. The highest BCUT2D eigenvalue weighted by Crippen LogP contribution is 2.37. The predicted molar refractivity (Wildman–Crippen MR) is 108 cm³/mol. The van der Waals surface area contributed by atoms with Crippen molar-refractivity contribution in [1.82, 2.24) is 14.4 Å². The van der Waals surface area contributed by atoms with Crippen LogP contribution in [0.25, 0.3) is 28.2 Å². The molecule has 0 amide bonds. The van der Waals surface area contributed by atoms with Crippen molar-refractivity contribution in [3.63, 3.8) is 0 Å². The summed E-state index contributed by atoms with van der Waals surface area (Å²) in [6.07, 6.45) is 2.15. The van der Waals surface area contributed by atoms with Crippen molar-refractivity contribution in [2.75, 3.05) is 0 Å². The third-order valence-corrected chi connectivity index (χ3v) is 5.38. The number of aromatic amines is 1. The summed E-state index contributed by atoms with van der Waals surface area (Å²) in [5, 5.41) is 18.3. The standard InChI is InChI=1S/C22H15N3O5/c26-18(27)8-13-2-1-3-14-15(13)9-17-19(14)24-21(28)20-23-16(10-25(17)20)11-4-6-12(7-5-11)22(29)30/h1-7,10H,8-9H2,(H,24,28)(H,26,27)(H,29,30). The van der Waals surface area contributed by atoms with Crippen LogP contribution in [0.3, 0.4) is 0 Å². The average molecular weight is 401 g/mol. The summed E-state index contributed by atoms with van der Waals surface area (Å²) < 4.78 is 1.74. The van der Waals surface area contributed by atoms with Crippen LogP contribution < -0.4 is 5.56 Å². The number of fused-ring (bicyclic) bond motifs is 5. The minimum Gasteiger partial charge on any atom is -0.481 e. The van der Waals surface area contributed by atoms with Crippen LogP contribution in [0.4, 0.5) is 0 Å². The molecule has 1 aliphatic carbocycles. The quantitative estimate of drug-likeness (QED) is 0.425. The van der Waals surface area contributed by atoms with Gasteiger partial charge in [0.2, 0.25) is 5.65 Å². The molecule has 3 N–H and O–H groups in total. The summed E-state index contributed by atoms with van der Waals surface area (Å²) in [4.78, 5) is 42.3. The number of nitrogens with zero attached hydrogens (tertiary/aromatic N) is 2. The number of hydrogen-bond acceptors (Lipinski definition) is 4. The Morgan fingerprint density at radius 2 is 1.87 bits per heavy atom. The molecule has 2 aromatic heterocycles. The van der Waals surface area contributed by atoms with E-state index in [0.717, 1.165) is 22.4 Å². The van der Waals surface area contributed by atoms with Gasteiger partial charge in [-0.15, -0.1) is 0 Å². The number of nitrogens with one attached hydrogen (secondary N) is 1. The van der Waals surface area contributed by atoms with E-state index in [1.54, 1.807) is 34.9 Å². The van der Waals surface area contributed by atoms with Crippen molar-refractivity contribution in [1.29, 1.82) is 0 Å². The molecule has 0 unspecified atom stereocenters. The molecule has 8 heteroatoms. The van der Waals surface area contributed by atoms with Crippen molar-refractivity contribution in [3.05, 3.63) is 81.4 Å². The summed E-state index contributed by atoms with van der Waals surface area (Å²) in [6.45, 7) is 0. The number of hydrogen-bond donors (Lipinski definition) is 3. The van der Waals surface area contributed by atoms with Gasteiger partial charge >= 0.3 is 11.9 Å². The Morgan fingerprint density at radius 3 is 2.57 bits per heavy atom. The average Bonchev–Trinajstić information content (AvgIpc) is 3.31. The van der Waals surface area contributed by atoms with Crippen LogP contribution in [0.1, 0.15) is 27.2 Å². The van der Waals surface area contributed by atoms with E-state index in [1.165, 1.54) is 12.1 Å². The van der Waals surface area contributed by atoms with Crippen molar-refractivity contribution >= 4 is 17.6 Å². The number of benzene rings is 2. The Labute approximate surface area is 169 Å². The molecule has 8 nitrogen and oxygen atoms in total. The zero-order valence-electron chi connectivity index (χ0n) is 15.5. The van der Waals surface area contributed by atoms with Crippen molar-refractivity contribution in [2.24, 2.45) is 0 Å². The van der Waals surface area contributed by atoms with Crippen molar-refractivity contribution < 1.29 is 19.8 Å². The lowest BCUT2D eigenvalue weighted by Gasteiger charge is -2.05. The van der Waals surface area contributed by atoms with Crippen LogP contribution in [-0.4, -0.2) is 36.5 Å². The molecule has 30 heavy (non-hydrogen) atoms. The first kappa shape index (κ1) is 17.9. The SMILES string of the molecule is O=C(O)Cc1cccc2c1Cc1c-2[nH]c(=O)c2nc(-c3ccc(C(=O)O)cc3)cn12. The third kappa shape index (κ3) is 2.69. The van der Waals surface area contributed by atoms with E-state index in [9.17, 15) is 19.5 Å². The topological polar surface area (TPSA) is 125 Å². The predicted octanol–water partition coefficient (Wildman–Crippen LogP) is 2.59. The van der Waals surface area contributed by atoms with Crippen LogP contribution in [0.2, 0.25) is 0 Å². The van der Waals surface area contributed by atoms with Gasteiger partial charge in [-0.1, -0.05) is 30.3 Å². The Morgan fingerprint density at radius 1 is 1.10 bits per heavy atom. The van der Waals surface area contributed by atoms with E-state index in [2.05, 4.69) is 9.97 Å². The number of carbonyl (C=O) groups is 2. The smallest absolute Gasteiger partial charge is 0.335 e. The summed E-state index contributed by atoms with van der Waals surface area (Å²) >= 11 is 0. The number of rotatable bonds is 4. The normalized spacial score (nSPS) is 12.0. The molecule has 0 saturated heterocycles. The second-order valence-electron chi connectivity index (χ2n) is 7.17. The zero-order valence-corrected chi connectivity index (χ0v) is 15.5. The van der Waals surface area contributed by atoms with Crippen molar-refractivity contribution in [3.8, 4) is 22.5 Å². The fourth-order valence-electron chi connectivity index (χ4n) is 4.00.